The van der Waals surface area contributed by atoms with Crippen LogP contribution in [0.4, 0.5) is 0 Å². The maximum atomic E-state index is 5.32. The van der Waals surface area contributed by atoms with Gasteiger partial charge in [-0.2, -0.15) is 0 Å². The van der Waals surface area contributed by atoms with E-state index in [4.69, 9.17) is 4.74 Å². The van der Waals surface area contributed by atoms with Gasteiger partial charge in [-0.25, -0.2) is 0 Å². The largest absolute Gasteiger partial charge is 0.382 e. The number of guanidine groups is 1. The first-order valence-corrected chi connectivity index (χ1v) is 8.45. The molecule has 0 fully saturated rings. The zero-order valence-electron chi connectivity index (χ0n) is 14.7. The molecule has 5 heteroatoms. The van der Waals surface area contributed by atoms with Crippen molar-refractivity contribution < 1.29 is 4.74 Å². The van der Waals surface area contributed by atoms with Crippen molar-refractivity contribution in [3.05, 3.63) is 0 Å². The second kappa shape index (κ2) is 14.1. The number of hydrogen-bond acceptors (Lipinski definition) is 3. The van der Waals surface area contributed by atoms with Crippen LogP contribution in [-0.4, -0.2) is 63.3 Å². The average Bonchev–Trinajstić information content (AvgIpc) is 2.50. The van der Waals surface area contributed by atoms with E-state index in [2.05, 4.69) is 41.3 Å². The molecule has 0 saturated carbocycles. The second-order valence-corrected chi connectivity index (χ2v) is 5.26. The van der Waals surface area contributed by atoms with Crippen LogP contribution >= 0.6 is 0 Å². The van der Waals surface area contributed by atoms with Crippen LogP contribution in [0.5, 0.6) is 0 Å². The topological polar surface area (TPSA) is 48.9 Å². The Kier molecular flexibility index (Phi) is 13.6. The van der Waals surface area contributed by atoms with Crippen molar-refractivity contribution in [2.75, 3.05) is 46.4 Å². The van der Waals surface area contributed by atoms with Crippen LogP contribution < -0.4 is 10.6 Å². The first kappa shape index (κ1) is 20.2. The Morgan fingerprint density at radius 2 is 1.90 bits per heavy atom. The summed E-state index contributed by atoms with van der Waals surface area (Å²) in [5.74, 6) is 0.891. The normalized spacial score (nSPS) is 13.5. The zero-order chi connectivity index (χ0) is 15.9. The fourth-order valence-corrected chi connectivity index (χ4v) is 2.19. The van der Waals surface area contributed by atoms with E-state index < -0.39 is 0 Å². The first-order chi connectivity index (χ1) is 10.2. The van der Waals surface area contributed by atoms with Crippen molar-refractivity contribution in [3.8, 4) is 0 Å². The highest BCUT2D eigenvalue weighted by Crippen LogP contribution is 1.99. The molecule has 0 radical (unpaired) electrons. The van der Waals surface area contributed by atoms with Crippen molar-refractivity contribution in [1.29, 1.82) is 0 Å². The van der Waals surface area contributed by atoms with Crippen LogP contribution in [0.1, 0.15) is 47.0 Å². The minimum Gasteiger partial charge on any atom is -0.382 e. The van der Waals surface area contributed by atoms with Gasteiger partial charge in [-0.1, -0.05) is 13.8 Å². The second-order valence-electron chi connectivity index (χ2n) is 5.26. The Morgan fingerprint density at radius 3 is 2.48 bits per heavy atom. The van der Waals surface area contributed by atoms with Gasteiger partial charge in [0.25, 0.3) is 0 Å². The summed E-state index contributed by atoms with van der Waals surface area (Å²) in [6.45, 7) is 14.6. The van der Waals surface area contributed by atoms with E-state index in [1.807, 2.05) is 14.0 Å². The minimum absolute atomic E-state index is 0.443. The van der Waals surface area contributed by atoms with Crippen LogP contribution in [0.25, 0.3) is 0 Å². The number of nitrogens with one attached hydrogen (secondary N) is 2. The molecule has 126 valence electrons. The molecule has 0 heterocycles. The molecular weight excluding hydrogens is 264 g/mol. The van der Waals surface area contributed by atoms with Crippen molar-refractivity contribution >= 4 is 5.96 Å². The van der Waals surface area contributed by atoms with E-state index >= 15 is 0 Å². The van der Waals surface area contributed by atoms with Gasteiger partial charge < -0.3 is 20.3 Å². The third-order valence-electron chi connectivity index (χ3n) is 3.57. The Bertz CT molecular complexity index is 255. The molecule has 5 nitrogen and oxygen atoms in total. The van der Waals surface area contributed by atoms with E-state index in [9.17, 15) is 0 Å². The molecule has 0 rings (SSSR count). The van der Waals surface area contributed by atoms with Gasteiger partial charge in [-0.3, -0.25) is 4.99 Å². The highest BCUT2D eigenvalue weighted by molar-refractivity contribution is 5.79. The first-order valence-electron chi connectivity index (χ1n) is 8.45. The Morgan fingerprint density at radius 1 is 1.19 bits per heavy atom. The zero-order valence-corrected chi connectivity index (χ0v) is 14.7. The smallest absolute Gasteiger partial charge is 0.191 e. The molecule has 0 spiro atoms. The maximum Gasteiger partial charge on any atom is 0.191 e. The quantitative estimate of drug-likeness (QED) is 0.329. The standard InChI is InChI=1S/C16H36N4O/c1-6-20(7-2)13-9-11-15(4)19-16(17-5)18-12-10-14-21-8-3/h15H,6-14H2,1-5H3,(H2,17,18,19). The maximum absolute atomic E-state index is 5.32. The lowest BCUT2D eigenvalue weighted by molar-refractivity contribution is 0.145. The van der Waals surface area contributed by atoms with Crippen molar-refractivity contribution in [2.45, 2.75) is 53.0 Å². The molecule has 0 aromatic carbocycles. The monoisotopic (exact) mass is 300 g/mol. The fraction of sp³-hybridized carbons (Fsp3) is 0.938. The molecule has 0 saturated heterocycles. The summed E-state index contributed by atoms with van der Waals surface area (Å²) >= 11 is 0. The van der Waals surface area contributed by atoms with E-state index in [-0.39, 0.29) is 0 Å². The number of nitrogens with zero attached hydrogens (tertiary/aromatic N) is 2. The molecule has 0 aromatic heterocycles. The molecular formula is C16H36N4O. The van der Waals surface area contributed by atoms with Gasteiger partial charge in [0.1, 0.15) is 0 Å². The Hall–Kier alpha value is -0.810. The van der Waals surface area contributed by atoms with E-state index in [0.717, 1.165) is 51.6 Å². The van der Waals surface area contributed by atoms with Gasteiger partial charge in [0.05, 0.1) is 0 Å². The molecule has 2 N–H and O–H groups in total. The highest BCUT2D eigenvalue weighted by Gasteiger charge is 2.06. The molecule has 1 atom stereocenters. The minimum atomic E-state index is 0.443. The number of rotatable bonds is 12. The predicted octanol–water partition coefficient (Wildman–Crippen LogP) is 2.09. The molecule has 1 unspecified atom stereocenters. The average molecular weight is 300 g/mol. The molecule has 0 aliphatic heterocycles. The number of aliphatic imine (C=N–C) groups is 1. The van der Waals surface area contributed by atoms with Crippen LogP contribution in [0, 0.1) is 0 Å². The lowest BCUT2D eigenvalue weighted by atomic mass is 10.2. The van der Waals surface area contributed by atoms with E-state index in [0.29, 0.717) is 6.04 Å². The van der Waals surface area contributed by atoms with Crippen LogP contribution in [0.15, 0.2) is 4.99 Å². The third kappa shape index (κ3) is 11.5. The Balaban J connectivity index is 3.76. The summed E-state index contributed by atoms with van der Waals surface area (Å²) in [5, 5.41) is 6.78. The van der Waals surface area contributed by atoms with E-state index in [1.54, 1.807) is 0 Å². The molecule has 0 aliphatic rings. The van der Waals surface area contributed by atoms with Crippen LogP contribution in [-0.2, 0) is 4.74 Å². The van der Waals surface area contributed by atoms with Crippen molar-refractivity contribution in [1.82, 2.24) is 15.5 Å². The summed E-state index contributed by atoms with van der Waals surface area (Å²) in [7, 11) is 1.82. The molecule has 0 bridgehead atoms. The predicted molar refractivity (Wildman–Crippen MR) is 92.1 cm³/mol. The van der Waals surface area contributed by atoms with Gasteiger partial charge in [0.2, 0.25) is 0 Å². The summed E-state index contributed by atoms with van der Waals surface area (Å²) in [5.41, 5.74) is 0. The van der Waals surface area contributed by atoms with Crippen LogP contribution in [0.2, 0.25) is 0 Å². The lowest BCUT2D eigenvalue weighted by Crippen LogP contribution is -2.43. The molecule has 0 aliphatic carbocycles. The molecule has 0 amide bonds. The van der Waals surface area contributed by atoms with Gasteiger partial charge in [0.15, 0.2) is 5.96 Å². The summed E-state index contributed by atoms with van der Waals surface area (Å²) in [6.07, 6.45) is 3.39. The fourth-order valence-electron chi connectivity index (χ4n) is 2.19. The van der Waals surface area contributed by atoms with Crippen LogP contribution in [0.3, 0.4) is 0 Å². The van der Waals surface area contributed by atoms with Crippen molar-refractivity contribution in [2.24, 2.45) is 4.99 Å². The van der Waals surface area contributed by atoms with Gasteiger partial charge >= 0.3 is 0 Å². The summed E-state index contributed by atoms with van der Waals surface area (Å²) in [6, 6.07) is 0.443. The highest BCUT2D eigenvalue weighted by atomic mass is 16.5. The number of hydrogen-bond donors (Lipinski definition) is 2. The SMILES string of the molecule is CCOCCCNC(=NC)NC(C)CCCN(CC)CC. The number of ether oxygens (including phenoxy) is 1. The van der Waals surface area contributed by atoms with E-state index in [1.165, 1.54) is 13.0 Å². The molecule has 0 aromatic rings. The summed E-state index contributed by atoms with van der Waals surface area (Å²) < 4.78 is 5.32. The summed E-state index contributed by atoms with van der Waals surface area (Å²) in [4.78, 5) is 6.73. The molecule has 21 heavy (non-hydrogen) atoms. The lowest BCUT2D eigenvalue weighted by Gasteiger charge is -2.21. The van der Waals surface area contributed by atoms with Gasteiger partial charge in [-0.15, -0.1) is 0 Å². The van der Waals surface area contributed by atoms with Gasteiger partial charge in [0, 0.05) is 32.8 Å². The third-order valence-corrected chi connectivity index (χ3v) is 3.57. The Labute approximate surface area is 131 Å². The van der Waals surface area contributed by atoms with Gasteiger partial charge in [-0.05, 0) is 52.7 Å². The van der Waals surface area contributed by atoms with Crippen molar-refractivity contribution in [3.63, 3.8) is 0 Å².